The molecule has 0 aliphatic carbocycles. The zero-order valence-electron chi connectivity index (χ0n) is 13.5. The van der Waals surface area contributed by atoms with Crippen LogP contribution >= 0.6 is 0 Å². The second-order valence-electron chi connectivity index (χ2n) is 5.21. The van der Waals surface area contributed by atoms with E-state index in [2.05, 4.69) is 5.32 Å². The third-order valence-electron chi connectivity index (χ3n) is 3.53. The Bertz CT molecular complexity index is 792. The van der Waals surface area contributed by atoms with Crippen molar-refractivity contribution in [1.29, 1.82) is 5.26 Å². The molecule has 122 valence electrons. The van der Waals surface area contributed by atoms with Gasteiger partial charge in [0.05, 0.1) is 13.2 Å². The van der Waals surface area contributed by atoms with Gasteiger partial charge in [0.25, 0.3) is 5.91 Å². The molecule has 0 aromatic heterocycles. The van der Waals surface area contributed by atoms with Gasteiger partial charge in [0, 0.05) is 0 Å². The van der Waals surface area contributed by atoms with Crippen molar-refractivity contribution >= 4 is 12.0 Å². The Kier molecular flexibility index (Phi) is 5.58. The third kappa shape index (κ3) is 4.14. The predicted molar refractivity (Wildman–Crippen MR) is 91.2 cm³/mol. The molecule has 1 atom stereocenters. The first-order chi connectivity index (χ1) is 11.5. The summed E-state index contributed by atoms with van der Waals surface area (Å²) in [6.45, 7) is 1.85. The van der Waals surface area contributed by atoms with E-state index in [1.807, 2.05) is 43.3 Å². The highest BCUT2D eigenvalue weighted by Crippen LogP contribution is 2.27. The molecule has 0 fully saturated rings. The summed E-state index contributed by atoms with van der Waals surface area (Å²) in [6, 6.07) is 15.8. The van der Waals surface area contributed by atoms with Crippen LogP contribution in [-0.2, 0) is 4.79 Å². The zero-order valence-corrected chi connectivity index (χ0v) is 13.5. The molecule has 0 saturated carbocycles. The first-order valence-corrected chi connectivity index (χ1v) is 7.39. The van der Waals surface area contributed by atoms with E-state index in [0.717, 1.165) is 5.56 Å². The smallest absolute Gasteiger partial charge is 0.262 e. The third-order valence-corrected chi connectivity index (χ3v) is 3.53. The number of hydrogen-bond donors (Lipinski definition) is 2. The number of carbonyl (C=O) groups excluding carboxylic acids is 1. The molecule has 2 aromatic carbocycles. The Labute approximate surface area is 140 Å². The quantitative estimate of drug-likeness (QED) is 0.654. The van der Waals surface area contributed by atoms with Crippen molar-refractivity contribution in [2.45, 2.75) is 13.0 Å². The van der Waals surface area contributed by atoms with Gasteiger partial charge in [-0.2, -0.15) is 5.26 Å². The molecule has 1 amide bonds. The van der Waals surface area contributed by atoms with Crippen molar-refractivity contribution in [3.05, 3.63) is 65.2 Å². The molecular weight excluding hydrogens is 304 g/mol. The van der Waals surface area contributed by atoms with Crippen LogP contribution in [0.25, 0.3) is 6.08 Å². The van der Waals surface area contributed by atoms with Crippen molar-refractivity contribution in [2.75, 3.05) is 7.11 Å². The van der Waals surface area contributed by atoms with Gasteiger partial charge in [0.2, 0.25) is 0 Å². The van der Waals surface area contributed by atoms with Crippen molar-refractivity contribution < 1.29 is 14.6 Å². The number of benzene rings is 2. The van der Waals surface area contributed by atoms with Gasteiger partial charge in [-0.1, -0.05) is 36.4 Å². The van der Waals surface area contributed by atoms with Gasteiger partial charge < -0.3 is 15.2 Å². The summed E-state index contributed by atoms with van der Waals surface area (Å²) in [5.74, 6) is -0.196. The van der Waals surface area contributed by atoms with Crippen molar-refractivity contribution in [3.8, 4) is 17.6 Å². The van der Waals surface area contributed by atoms with Crippen LogP contribution in [-0.4, -0.2) is 18.1 Å². The summed E-state index contributed by atoms with van der Waals surface area (Å²) in [7, 11) is 1.45. The fourth-order valence-corrected chi connectivity index (χ4v) is 2.21. The lowest BCUT2D eigenvalue weighted by molar-refractivity contribution is -0.117. The lowest BCUT2D eigenvalue weighted by atomic mass is 10.1. The lowest BCUT2D eigenvalue weighted by Gasteiger charge is -2.13. The topological polar surface area (TPSA) is 82.3 Å². The minimum absolute atomic E-state index is 0.0395. The van der Waals surface area contributed by atoms with Crippen LogP contribution in [0.5, 0.6) is 11.5 Å². The van der Waals surface area contributed by atoms with Crippen LogP contribution in [0.4, 0.5) is 0 Å². The molecule has 0 heterocycles. The number of phenolic OH excluding ortho intramolecular Hbond substituents is 1. The molecule has 24 heavy (non-hydrogen) atoms. The predicted octanol–water partition coefficient (Wildman–Crippen LogP) is 3.19. The number of nitrogens with zero attached hydrogens (tertiary/aromatic N) is 1. The van der Waals surface area contributed by atoms with E-state index < -0.39 is 5.91 Å². The average molecular weight is 322 g/mol. The van der Waals surface area contributed by atoms with Gasteiger partial charge in [-0.15, -0.1) is 0 Å². The van der Waals surface area contributed by atoms with Gasteiger partial charge in [0.15, 0.2) is 11.5 Å². The fourth-order valence-electron chi connectivity index (χ4n) is 2.21. The second-order valence-corrected chi connectivity index (χ2v) is 5.21. The SMILES string of the molecule is COc1ccc(/C=C(\C#N)C(=O)N[C@H](C)c2ccccc2)cc1O. The number of hydrogen-bond acceptors (Lipinski definition) is 4. The van der Waals surface area contributed by atoms with E-state index in [4.69, 9.17) is 4.74 Å². The maximum atomic E-state index is 12.3. The van der Waals surface area contributed by atoms with Crippen molar-refractivity contribution in [3.63, 3.8) is 0 Å². The maximum Gasteiger partial charge on any atom is 0.262 e. The highest BCUT2D eigenvalue weighted by molar-refractivity contribution is 6.01. The molecule has 5 heteroatoms. The monoisotopic (exact) mass is 322 g/mol. The standard InChI is InChI=1S/C19H18N2O3/c1-13(15-6-4-3-5-7-15)21-19(23)16(12-20)10-14-8-9-18(24-2)17(22)11-14/h3-11,13,22H,1-2H3,(H,21,23)/b16-10+/t13-/m1/s1. The normalized spacial score (nSPS) is 12.1. The molecule has 0 aliphatic rings. The minimum Gasteiger partial charge on any atom is -0.504 e. The average Bonchev–Trinajstić information content (AvgIpc) is 2.60. The van der Waals surface area contributed by atoms with Crippen LogP contribution in [0.15, 0.2) is 54.1 Å². The van der Waals surface area contributed by atoms with E-state index in [-0.39, 0.29) is 17.4 Å². The van der Waals surface area contributed by atoms with E-state index in [1.54, 1.807) is 12.1 Å². The second kappa shape index (κ2) is 7.84. The van der Waals surface area contributed by atoms with Crippen LogP contribution in [0, 0.1) is 11.3 Å². The molecule has 2 N–H and O–H groups in total. The molecule has 0 radical (unpaired) electrons. The fraction of sp³-hybridized carbons (Fsp3) is 0.158. The number of ether oxygens (including phenoxy) is 1. The van der Waals surface area contributed by atoms with E-state index in [1.165, 1.54) is 19.3 Å². The number of amides is 1. The van der Waals surface area contributed by atoms with Crippen molar-refractivity contribution in [1.82, 2.24) is 5.32 Å². The van der Waals surface area contributed by atoms with Gasteiger partial charge in [-0.05, 0) is 36.3 Å². The van der Waals surface area contributed by atoms with Gasteiger partial charge in [0.1, 0.15) is 11.6 Å². The van der Waals surface area contributed by atoms with Crippen LogP contribution in [0.1, 0.15) is 24.1 Å². The largest absolute Gasteiger partial charge is 0.504 e. The van der Waals surface area contributed by atoms with Gasteiger partial charge >= 0.3 is 0 Å². The molecule has 2 aromatic rings. The molecule has 0 aliphatic heterocycles. The molecule has 0 spiro atoms. The molecule has 0 bridgehead atoms. The first-order valence-electron chi connectivity index (χ1n) is 7.39. The van der Waals surface area contributed by atoms with Crippen molar-refractivity contribution in [2.24, 2.45) is 0 Å². The van der Waals surface area contributed by atoms with Crippen LogP contribution in [0.3, 0.4) is 0 Å². The summed E-state index contributed by atoms with van der Waals surface area (Å²) in [5, 5.41) is 21.8. The van der Waals surface area contributed by atoms with Crippen LogP contribution in [0.2, 0.25) is 0 Å². The molecule has 0 unspecified atom stereocenters. The Morgan fingerprint density at radius 1 is 1.29 bits per heavy atom. The highest BCUT2D eigenvalue weighted by atomic mass is 16.5. The molecule has 5 nitrogen and oxygen atoms in total. The molecule has 2 rings (SSSR count). The summed E-state index contributed by atoms with van der Waals surface area (Å²) in [5.41, 5.74) is 1.44. The number of rotatable bonds is 5. The van der Waals surface area contributed by atoms with E-state index in [0.29, 0.717) is 11.3 Å². The molecular formula is C19H18N2O3. The summed E-state index contributed by atoms with van der Waals surface area (Å²) in [4.78, 5) is 12.3. The number of nitrogens with one attached hydrogen (secondary N) is 1. The Balaban J connectivity index is 2.17. The van der Waals surface area contributed by atoms with Crippen LogP contribution < -0.4 is 10.1 Å². The number of methoxy groups -OCH3 is 1. The lowest BCUT2D eigenvalue weighted by Crippen LogP contribution is -2.27. The highest BCUT2D eigenvalue weighted by Gasteiger charge is 2.14. The Morgan fingerprint density at radius 2 is 2.00 bits per heavy atom. The number of aromatic hydroxyl groups is 1. The summed E-state index contributed by atoms with van der Waals surface area (Å²) < 4.78 is 4.97. The minimum atomic E-state index is -0.468. The van der Waals surface area contributed by atoms with Gasteiger partial charge in [-0.25, -0.2) is 0 Å². The zero-order chi connectivity index (χ0) is 17.5. The molecule has 0 saturated heterocycles. The number of phenols is 1. The Hall–Kier alpha value is -3.26. The summed E-state index contributed by atoms with van der Waals surface area (Å²) in [6.07, 6.45) is 1.42. The number of carbonyl (C=O) groups is 1. The maximum absolute atomic E-state index is 12.3. The van der Waals surface area contributed by atoms with Gasteiger partial charge in [-0.3, -0.25) is 4.79 Å². The number of nitriles is 1. The summed E-state index contributed by atoms with van der Waals surface area (Å²) >= 11 is 0. The Morgan fingerprint density at radius 3 is 2.58 bits per heavy atom. The van der Waals surface area contributed by atoms with E-state index >= 15 is 0 Å². The van der Waals surface area contributed by atoms with E-state index in [9.17, 15) is 15.2 Å². The first kappa shape index (κ1) is 17.1.